The van der Waals surface area contributed by atoms with E-state index in [4.69, 9.17) is 16.1 Å². The van der Waals surface area contributed by atoms with Crippen LogP contribution in [0.4, 0.5) is 5.95 Å². The van der Waals surface area contributed by atoms with Crippen molar-refractivity contribution in [1.29, 1.82) is 0 Å². The van der Waals surface area contributed by atoms with E-state index in [1.165, 1.54) is 23.7 Å². The van der Waals surface area contributed by atoms with Gasteiger partial charge < -0.3 is 9.84 Å². The second kappa shape index (κ2) is 5.57. The van der Waals surface area contributed by atoms with Gasteiger partial charge in [0.1, 0.15) is 12.7 Å². The van der Waals surface area contributed by atoms with Crippen molar-refractivity contribution < 1.29 is 4.52 Å². The van der Waals surface area contributed by atoms with E-state index in [0.29, 0.717) is 24.8 Å². The standard InChI is InChI=1S/C9H8ClN9O/c10-7-16-8(12-2-1-6-13-4-15-20-6)18-9(17-7)19-5-11-3-14-19/h3-5H,1-2H2,(H,12,16,17,18). The van der Waals surface area contributed by atoms with Gasteiger partial charge in [-0.3, -0.25) is 0 Å². The van der Waals surface area contributed by atoms with Crippen molar-refractivity contribution in [2.75, 3.05) is 11.9 Å². The van der Waals surface area contributed by atoms with Crippen LogP contribution in [-0.2, 0) is 6.42 Å². The second-order valence-electron chi connectivity index (χ2n) is 3.58. The minimum atomic E-state index is 0.0609. The molecule has 0 unspecified atom stereocenters. The number of halogens is 1. The highest BCUT2D eigenvalue weighted by atomic mass is 35.5. The average molecular weight is 294 g/mol. The summed E-state index contributed by atoms with van der Waals surface area (Å²) in [4.78, 5) is 19.8. The maximum Gasteiger partial charge on any atom is 0.258 e. The molecule has 0 saturated carbocycles. The Labute approximate surface area is 117 Å². The molecule has 0 aliphatic carbocycles. The Kier molecular flexibility index (Phi) is 3.46. The molecule has 3 rings (SSSR count). The van der Waals surface area contributed by atoms with Crippen LogP contribution in [0.15, 0.2) is 23.5 Å². The van der Waals surface area contributed by atoms with Crippen LogP contribution in [0.1, 0.15) is 5.89 Å². The topological polar surface area (TPSA) is 120 Å². The summed E-state index contributed by atoms with van der Waals surface area (Å²) in [5.41, 5.74) is 0. The normalized spacial score (nSPS) is 10.7. The van der Waals surface area contributed by atoms with Gasteiger partial charge in [-0.2, -0.15) is 29.7 Å². The lowest BCUT2D eigenvalue weighted by atomic mass is 10.4. The fourth-order valence-corrected chi connectivity index (χ4v) is 1.58. The summed E-state index contributed by atoms with van der Waals surface area (Å²) in [6.07, 6.45) is 4.73. The first-order valence-electron chi connectivity index (χ1n) is 5.57. The monoisotopic (exact) mass is 293 g/mol. The zero-order valence-electron chi connectivity index (χ0n) is 10.0. The van der Waals surface area contributed by atoms with E-state index in [-0.39, 0.29) is 11.2 Å². The van der Waals surface area contributed by atoms with Crippen molar-refractivity contribution in [3.63, 3.8) is 0 Å². The summed E-state index contributed by atoms with van der Waals surface area (Å²) < 4.78 is 6.26. The molecule has 11 heteroatoms. The Bertz CT molecular complexity index is 669. The molecule has 0 aliphatic heterocycles. The third kappa shape index (κ3) is 2.85. The van der Waals surface area contributed by atoms with Crippen LogP contribution in [0, 0.1) is 0 Å². The van der Waals surface area contributed by atoms with Gasteiger partial charge in [-0.1, -0.05) is 5.16 Å². The average Bonchev–Trinajstić information content (AvgIpc) is 3.11. The molecule has 0 atom stereocenters. The first-order chi connectivity index (χ1) is 9.81. The quantitative estimate of drug-likeness (QED) is 0.700. The van der Waals surface area contributed by atoms with Crippen LogP contribution < -0.4 is 5.32 Å². The van der Waals surface area contributed by atoms with Crippen molar-refractivity contribution in [3.8, 4) is 5.95 Å². The lowest BCUT2D eigenvalue weighted by Crippen LogP contribution is -2.11. The number of hydrogen-bond donors (Lipinski definition) is 1. The number of rotatable bonds is 5. The van der Waals surface area contributed by atoms with E-state index in [1.54, 1.807) is 0 Å². The molecule has 3 aromatic heterocycles. The second-order valence-corrected chi connectivity index (χ2v) is 3.92. The zero-order chi connectivity index (χ0) is 13.8. The van der Waals surface area contributed by atoms with E-state index >= 15 is 0 Å². The summed E-state index contributed by atoms with van der Waals surface area (Å²) in [5, 5.41) is 10.5. The third-order valence-electron chi connectivity index (χ3n) is 2.25. The molecule has 20 heavy (non-hydrogen) atoms. The molecular weight excluding hydrogens is 286 g/mol. The first-order valence-corrected chi connectivity index (χ1v) is 5.95. The Morgan fingerprint density at radius 1 is 1.25 bits per heavy atom. The van der Waals surface area contributed by atoms with E-state index in [1.807, 2.05) is 0 Å². The van der Waals surface area contributed by atoms with Crippen molar-refractivity contribution >= 4 is 17.5 Å². The minimum absolute atomic E-state index is 0.0609. The van der Waals surface area contributed by atoms with Crippen molar-refractivity contribution in [3.05, 3.63) is 30.2 Å². The number of nitrogens with one attached hydrogen (secondary N) is 1. The van der Waals surface area contributed by atoms with Crippen molar-refractivity contribution in [1.82, 2.24) is 39.9 Å². The summed E-state index contributed by atoms with van der Waals surface area (Å²) in [6, 6.07) is 0. The molecule has 1 N–H and O–H groups in total. The molecule has 3 aromatic rings. The maximum atomic E-state index is 5.84. The highest BCUT2D eigenvalue weighted by Crippen LogP contribution is 2.08. The van der Waals surface area contributed by atoms with Crippen LogP contribution in [0.5, 0.6) is 0 Å². The van der Waals surface area contributed by atoms with Crippen LogP contribution in [0.3, 0.4) is 0 Å². The van der Waals surface area contributed by atoms with Crippen LogP contribution in [-0.4, -0.2) is 46.4 Å². The van der Waals surface area contributed by atoms with Crippen molar-refractivity contribution in [2.45, 2.75) is 6.42 Å². The van der Waals surface area contributed by atoms with E-state index in [2.05, 4.69) is 40.5 Å². The fourth-order valence-electron chi connectivity index (χ4n) is 1.42. The van der Waals surface area contributed by atoms with Gasteiger partial charge in [-0.05, 0) is 11.6 Å². The van der Waals surface area contributed by atoms with Gasteiger partial charge in [0.25, 0.3) is 5.95 Å². The lowest BCUT2D eigenvalue weighted by Gasteiger charge is -2.05. The number of anilines is 1. The summed E-state index contributed by atoms with van der Waals surface area (Å²) >= 11 is 5.84. The van der Waals surface area contributed by atoms with Gasteiger partial charge in [0.2, 0.25) is 17.1 Å². The maximum absolute atomic E-state index is 5.84. The highest BCUT2D eigenvalue weighted by molar-refractivity contribution is 6.28. The molecular formula is C9H8ClN9O. The SMILES string of the molecule is Clc1nc(NCCc2ncno2)nc(-n2cncn2)n1. The molecule has 0 saturated heterocycles. The van der Waals surface area contributed by atoms with E-state index < -0.39 is 0 Å². The van der Waals surface area contributed by atoms with Gasteiger partial charge in [0.05, 0.1) is 0 Å². The molecule has 10 nitrogen and oxygen atoms in total. The number of nitrogens with zero attached hydrogens (tertiary/aromatic N) is 8. The third-order valence-corrected chi connectivity index (χ3v) is 2.42. The van der Waals surface area contributed by atoms with Crippen LogP contribution in [0.25, 0.3) is 5.95 Å². The van der Waals surface area contributed by atoms with Gasteiger partial charge in [-0.25, -0.2) is 4.98 Å². The molecule has 0 radical (unpaired) electrons. The number of aromatic nitrogens is 8. The molecule has 3 heterocycles. The molecule has 102 valence electrons. The largest absolute Gasteiger partial charge is 0.354 e. The zero-order valence-corrected chi connectivity index (χ0v) is 10.8. The molecule has 0 bridgehead atoms. The van der Waals surface area contributed by atoms with Gasteiger partial charge in [0.15, 0.2) is 6.33 Å². The minimum Gasteiger partial charge on any atom is -0.354 e. The fraction of sp³-hybridized carbons (Fsp3) is 0.222. The molecule has 0 aliphatic rings. The molecule has 0 aromatic carbocycles. The van der Waals surface area contributed by atoms with Gasteiger partial charge >= 0.3 is 0 Å². The van der Waals surface area contributed by atoms with Gasteiger partial charge in [-0.15, -0.1) is 0 Å². The Morgan fingerprint density at radius 3 is 2.95 bits per heavy atom. The van der Waals surface area contributed by atoms with Crippen molar-refractivity contribution in [2.24, 2.45) is 0 Å². The summed E-state index contributed by atoms with van der Waals surface area (Å²) in [7, 11) is 0. The Hall–Kier alpha value is -2.62. The Morgan fingerprint density at radius 2 is 2.20 bits per heavy atom. The summed E-state index contributed by atoms with van der Waals surface area (Å²) in [6.45, 7) is 0.513. The molecule has 0 spiro atoms. The van der Waals surface area contributed by atoms with E-state index in [0.717, 1.165) is 0 Å². The first kappa shape index (κ1) is 12.4. The smallest absolute Gasteiger partial charge is 0.258 e. The lowest BCUT2D eigenvalue weighted by molar-refractivity contribution is 0.379. The highest BCUT2D eigenvalue weighted by Gasteiger charge is 2.07. The van der Waals surface area contributed by atoms with E-state index in [9.17, 15) is 0 Å². The predicted molar refractivity (Wildman–Crippen MR) is 66.2 cm³/mol. The predicted octanol–water partition coefficient (Wildman–Crippen LogP) is 0.143. The molecule has 0 fully saturated rings. The number of hydrogen-bond acceptors (Lipinski definition) is 9. The van der Waals surface area contributed by atoms with Crippen LogP contribution >= 0.6 is 11.6 Å². The van der Waals surface area contributed by atoms with Gasteiger partial charge in [0, 0.05) is 13.0 Å². The summed E-state index contributed by atoms with van der Waals surface area (Å²) in [5.74, 6) is 1.13. The van der Waals surface area contributed by atoms with Crippen LogP contribution in [0.2, 0.25) is 5.28 Å². The Balaban J connectivity index is 1.70. The molecule has 0 amide bonds.